The van der Waals surface area contributed by atoms with Crippen molar-refractivity contribution in [1.82, 2.24) is 14.8 Å². The zero-order valence-electron chi connectivity index (χ0n) is 10.5. The molecule has 0 spiro atoms. The molecule has 1 aromatic rings. The molecule has 1 heterocycles. The van der Waals surface area contributed by atoms with Crippen molar-refractivity contribution in [3.63, 3.8) is 0 Å². The molecule has 19 heavy (non-hydrogen) atoms. The fraction of sp³-hybridized carbons (Fsp3) is 0.769. The third-order valence-corrected chi connectivity index (χ3v) is 5.80. The second-order valence-corrected chi connectivity index (χ2v) is 7.44. The molecule has 4 saturated carbocycles. The number of rotatable bonds is 2. The molecule has 0 aromatic carbocycles. The summed E-state index contributed by atoms with van der Waals surface area (Å²) in [5, 5.41) is 14.1. The predicted octanol–water partition coefficient (Wildman–Crippen LogP) is 2.42. The van der Waals surface area contributed by atoms with Crippen LogP contribution >= 0.6 is 15.9 Å². The van der Waals surface area contributed by atoms with Gasteiger partial charge >= 0.3 is 5.97 Å². The van der Waals surface area contributed by atoms with Crippen molar-refractivity contribution in [2.24, 2.45) is 17.3 Å². The molecule has 5 rings (SSSR count). The van der Waals surface area contributed by atoms with Gasteiger partial charge in [0, 0.05) is 0 Å². The van der Waals surface area contributed by atoms with Gasteiger partial charge in [0.25, 0.3) is 0 Å². The maximum atomic E-state index is 11.8. The summed E-state index contributed by atoms with van der Waals surface area (Å²) in [6.45, 7) is 0. The summed E-state index contributed by atoms with van der Waals surface area (Å²) >= 11 is 3.29. The fourth-order valence-corrected chi connectivity index (χ4v) is 5.47. The molecule has 4 aliphatic carbocycles. The van der Waals surface area contributed by atoms with Crippen LogP contribution in [0.1, 0.15) is 38.5 Å². The highest BCUT2D eigenvalue weighted by Gasteiger charge is 2.62. The Morgan fingerprint density at radius 1 is 1.37 bits per heavy atom. The summed E-state index contributed by atoms with van der Waals surface area (Å²) in [5.74, 6) is 0.478. The van der Waals surface area contributed by atoms with E-state index in [9.17, 15) is 9.90 Å². The number of hydrogen-bond donors (Lipinski definition) is 1. The van der Waals surface area contributed by atoms with Gasteiger partial charge in [0.2, 0.25) is 4.73 Å². The van der Waals surface area contributed by atoms with Gasteiger partial charge in [-0.2, -0.15) is 0 Å². The van der Waals surface area contributed by atoms with Gasteiger partial charge in [-0.05, 0) is 66.3 Å². The molecule has 6 heteroatoms. The molecule has 0 amide bonds. The maximum absolute atomic E-state index is 11.8. The van der Waals surface area contributed by atoms with Crippen LogP contribution in [0.15, 0.2) is 11.1 Å². The zero-order chi connectivity index (χ0) is 13.3. The average Bonchev–Trinajstić information content (AvgIpc) is 2.74. The van der Waals surface area contributed by atoms with Crippen LogP contribution in [0, 0.1) is 17.3 Å². The number of carbonyl (C=O) groups is 1. The number of aliphatic carboxylic acids is 1. The molecule has 0 aliphatic heterocycles. The molecule has 5 nitrogen and oxygen atoms in total. The number of carboxylic acid groups (broad SMARTS) is 1. The number of carboxylic acids is 1. The van der Waals surface area contributed by atoms with Gasteiger partial charge in [-0.15, -0.1) is 5.10 Å². The smallest absolute Gasteiger partial charge is 0.309 e. The van der Waals surface area contributed by atoms with Crippen LogP contribution in [0.5, 0.6) is 0 Å². The van der Waals surface area contributed by atoms with Gasteiger partial charge < -0.3 is 5.11 Å². The van der Waals surface area contributed by atoms with Gasteiger partial charge in [0.15, 0.2) is 0 Å². The van der Waals surface area contributed by atoms with E-state index in [0.717, 1.165) is 32.1 Å². The van der Waals surface area contributed by atoms with Crippen molar-refractivity contribution in [2.75, 3.05) is 0 Å². The third-order valence-electron chi connectivity index (χ3n) is 5.43. The molecular weight excluding hydrogens is 310 g/mol. The van der Waals surface area contributed by atoms with E-state index in [1.54, 1.807) is 6.33 Å². The third kappa shape index (κ3) is 1.55. The van der Waals surface area contributed by atoms with E-state index in [0.29, 0.717) is 16.6 Å². The minimum atomic E-state index is -0.606. The Labute approximate surface area is 119 Å². The number of hydrogen-bond acceptors (Lipinski definition) is 3. The minimum Gasteiger partial charge on any atom is -0.481 e. The zero-order valence-corrected chi connectivity index (χ0v) is 12.1. The Bertz CT molecular complexity index is 542. The van der Waals surface area contributed by atoms with Crippen LogP contribution in [0.4, 0.5) is 0 Å². The second kappa shape index (κ2) is 3.59. The molecule has 1 aromatic heterocycles. The Morgan fingerprint density at radius 3 is 2.58 bits per heavy atom. The van der Waals surface area contributed by atoms with Crippen molar-refractivity contribution in [3.05, 3.63) is 11.1 Å². The lowest BCUT2D eigenvalue weighted by Gasteiger charge is -2.60. The lowest BCUT2D eigenvalue weighted by Crippen LogP contribution is -2.59. The molecule has 1 N–H and O–H groups in total. The summed E-state index contributed by atoms with van der Waals surface area (Å²) in [6.07, 6.45) is 7.52. The van der Waals surface area contributed by atoms with Crippen molar-refractivity contribution in [2.45, 2.75) is 44.1 Å². The van der Waals surface area contributed by atoms with Crippen molar-refractivity contribution < 1.29 is 9.90 Å². The van der Waals surface area contributed by atoms with Crippen LogP contribution in [-0.4, -0.2) is 25.8 Å². The van der Waals surface area contributed by atoms with Crippen LogP contribution in [-0.2, 0) is 10.3 Å². The lowest BCUT2D eigenvalue weighted by atomic mass is 9.47. The number of nitrogens with zero attached hydrogens (tertiary/aromatic N) is 3. The Balaban J connectivity index is 1.80. The van der Waals surface area contributed by atoms with Crippen molar-refractivity contribution in [1.29, 1.82) is 0 Å². The van der Waals surface area contributed by atoms with Crippen molar-refractivity contribution in [3.8, 4) is 0 Å². The highest BCUT2D eigenvalue weighted by molar-refractivity contribution is 9.10. The standard InChI is InChI=1S/C13H16BrN3O2/c14-11-15-7-17(16-11)13-4-8-1-9(5-13)3-12(2-8,6-13)10(18)19/h7-9H,1-6H2,(H,18,19)/t8-,9+,12?,13?. The van der Waals surface area contributed by atoms with E-state index in [4.69, 9.17) is 0 Å². The van der Waals surface area contributed by atoms with Gasteiger partial charge in [-0.1, -0.05) is 0 Å². The first-order chi connectivity index (χ1) is 9.01. The summed E-state index contributed by atoms with van der Waals surface area (Å²) < 4.78 is 2.53. The van der Waals surface area contributed by atoms with E-state index in [2.05, 4.69) is 26.0 Å². The van der Waals surface area contributed by atoms with Crippen LogP contribution in [0.2, 0.25) is 0 Å². The van der Waals surface area contributed by atoms with Gasteiger partial charge in [0.1, 0.15) is 6.33 Å². The van der Waals surface area contributed by atoms with Crippen LogP contribution in [0.25, 0.3) is 0 Å². The molecule has 0 saturated heterocycles. The average molecular weight is 326 g/mol. The molecule has 4 fully saturated rings. The normalized spacial score (nSPS) is 43.6. The molecular formula is C13H16BrN3O2. The highest BCUT2D eigenvalue weighted by atomic mass is 79.9. The Hall–Kier alpha value is -0.910. The number of aromatic nitrogens is 3. The molecule has 0 radical (unpaired) electrons. The van der Waals surface area contributed by atoms with E-state index in [-0.39, 0.29) is 5.54 Å². The first-order valence-corrected chi connectivity index (χ1v) is 7.62. The Kier molecular flexibility index (Phi) is 2.25. The van der Waals surface area contributed by atoms with E-state index in [1.165, 1.54) is 6.42 Å². The topological polar surface area (TPSA) is 68.0 Å². The summed E-state index contributed by atoms with van der Waals surface area (Å²) in [5.41, 5.74) is -0.621. The summed E-state index contributed by atoms with van der Waals surface area (Å²) in [4.78, 5) is 15.9. The first kappa shape index (κ1) is 11.9. The van der Waals surface area contributed by atoms with Gasteiger partial charge in [-0.3, -0.25) is 4.79 Å². The monoisotopic (exact) mass is 325 g/mol. The van der Waals surface area contributed by atoms with E-state index < -0.39 is 11.4 Å². The summed E-state index contributed by atoms with van der Waals surface area (Å²) in [6, 6.07) is 0. The predicted molar refractivity (Wildman–Crippen MR) is 70.4 cm³/mol. The maximum Gasteiger partial charge on any atom is 0.309 e. The largest absolute Gasteiger partial charge is 0.481 e. The minimum absolute atomic E-state index is 0.110. The Morgan fingerprint density at radius 2 is 2.05 bits per heavy atom. The second-order valence-electron chi connectivity index (χ2n) is 6.73. The molecule has 4 aliphatic rings. The fourth-order valence-electron chi connectivity index (χ4n) is 5.20. The lowest BCUT2D eigenvalue weighted by molar-refractivity contribution is -0.173. The molecule has 4 atom stereocenters. The molecule has 4 bridgehead atoms. The first-order valence-electron chi connectivity index (χ1n) is 6.82. The van der Waals surface area contributed by atoms with Crippen molar-refractivity contribution >= 4 is 21.9 Å². The highest BCUT2D eigenvalue weighted by Crippen LogP contribution is 2.64. The quantitative estimate of drug-likeness (QED) is 0.906. The van der Waals surface area contributed by atoms with Gasteiger partial charge in [0.05, 0.1) is 11.0 Å². The van der Waals surface area contributed by atoms with E-state index >= 15 is 0 Å². The molecule has 102 valence electrons. The summed E-state index contributed by atoms with van der Waals surface area (Å²) in [7, 11) is 0. The van der Waals surface area contributed by atoms with Gasteiger partial charge in [-0.25, -0.2) is 9.67 Å². The van der Waals surface area contributed by atoms with Crippen LogP contribution < -0.4 is 0 Å². The van der Waals surface area contributed by atoms with Crippen LogP contribution in [0.3, 0.4) is 0 Å². The molecule has 2 unspecified atom stereocenters. The number of halogens is 1. The SMILES string of the molecule is O=C(O)C12C[C@H]3C[C@@H](C1)CC(n1cnc(Br)n1)(C3)C2. The van der Waals surface area contributed by atoms with E-state index in [1.807, 2.05) is 4.68 Å².